The minimum Gasteiger partial charge on any atom is -0.399 e. The van der Waals surface area contributed by atoms with Crippen LogP contribution in [0, 0.1) is 0 Å². The molecule has 1 aromatic carbocycles. The maximum atomic E-state index is 10.5. The standard InChI is InChI=1S/C6H7NO3S.Na/c7-5-1-3-6(4-2-5)11(8,9)10;/h1-4H,7H2,(H,8,9,10);/q;+1. The van der Waals surface area contributed by atoms with E-state index in [1.165, 1.54) is 24.3 Å². The molecule has 1 rings (SSSR count). The Morgan fingerprint density at radius 2 is 1.58 bits per heavy atom. The molecule has 0 saturated carbocycles. The van der Waals surface area contributed by atoms with Crippen molar-refractivity contribution in [1.29, 1.82) is 0 Å². The van der Waals surface area contributed by atoms with E-state index in [0.29, 0.717) is 5.69 Å². The monoisotopic (exact) mass is 196 g/mol. The van der Waals surface area contributed by atoms with Crippen molar-refractivity contribution < 1.29 is 42.5 Å². The smallest absolute Gasteiger partial charge is 0.399 e. The topological polar surface area (TPSA) is 80.4 Å². The van der Waals surface area contributed by atoms with Crippen LogP contribution in [0.2, 0.25) is 0 Å². The minimum absolute atomic E-state index is 0. The number of benzene rings is 1. The van der Waals surface area contributed by atoms with Gasteiger partial charge in [-0.3, -0.25) is 4.55 Å². The second-order valence-corrected chi connectivity index (χ2v) is 3.47. The van der Waals surface area contributed by atoms with Crippen LogP contribution in [-0.2, 0) is 10.1 Å². The Morgan fingerprint density at radius 3 is 1.92 bits per heavy atom. The fourth-order valence-electron chi connectivity index (χ4n) is 0.640. The SMILES string of the molecule is Nc1ccc(S(=O)(=O)O)cc1.[Na+]. The maximum absolute atomic E-state index is 10.5. The molecule has 6 heteroatoms. The van der Waals surface area contributed by atoms with E-state index < -0.39 is 10.1 Å². The Labute approximate surface area is 92.8 Å². The van der Waals surface area contributed by atoms with Crippen LogP contribution in [0.1, 0.15) is 0 Å². The van der Waals surface area contributed by atoms with Gasteiger partial charge in [0.05, 0.1) is 4.90 Å². The third-order valence-corrected chi connectivity index (χ3v) is 2.05. The van der Waals surface area contributed by atoms with Crippen molar-refractivity contribution in [1.82, 2.24) is 0 Å². The average molecular weight is 196 g/mol. The molecule has 0 spiro atoms. The molecule has 12 heavy (non-hydrogen) atoms. The van der Waals surface area contributed by atoms with Crippen molar-refractivity contribution >= 4 is 15.8 Å². The summed E-state index contributed by atoms with van der Waals surface area (Å²) in [5.74, 6) is 0. The predicted molar refractivity (Wildman–Crippen MR) is 40.7 cm³/mol. The molecule has 1 aromatic rings. The van der Waals surface area contributed by atoms with Crippen LogP contribution in [0.4, 0.5) is 5.69 Å². The van der Waals surface area contributed by atoms with E-state index in [2.05, 4.69) is 0 Å². The summed E-state index contributed by atoms with van der Waals surface area (Å²) in [5, 5.41) is 0. The van der Waals surface area contributed by atoms with Gasteiger partial charge in [-0.1, -0.05) is 0 Å². The molecule has 0 atom stereocenters. The molecule has 0 amide bonds. The fraction of sp³-hybridized carbons (Fsp3) is 0. The summed E-state index contributed by atoms with van der Waals surface area (Å²) in [5.41, 5.74) is 5.75. The summed E-state index contributed by atoms with van der Waals surface area (Å²) in [4.78, 5) is -0.147. The second-order valence-electron chi connectivity index (χ2n) is 2.04. The molecule has 0 aliphatic rings. The van der Waals surface area contributed by atoms with E-state index in [-0.39, 0.29) is 34.5 Å². The number of nitrogens with two attached hydrogens (primary N) is 1. The van der Waals surface area contributed by atoms with Crippen LogP contribution >= 0.6 is 0 Å². The van der Waals surface area contributed by atoms with E-state index in [9.17, 15) is 8.42 Å². The molecule has 0 bridgehead atoms. The first kappa shape index (κ1) is 11.9. The summed E-state index contributed by atoms with van der Waals surface area (Å²) >= 11 is 0. The third-order valence-electron chi connectivity index (χ3n) is 1.18. The molecule has 0 heterocycles. The Bertz CT molecular complexity index is 346. The Morgan fingerprint density at radius 1 is 1.17 bits per heavy atom. The summed E-state index contributed by atoms with van der Waals surface area (Å²) < 4.78 is 29.4. The molecule has 4 nitrogen and oxygen atoms in total. The van der Waals surface area contributed by atoms with Crippen LogP contribution in [0.15, 0.2) is 29.2 Å². The Hall–Kier alpha value is -0.0700. The van der Waals surface area contributed by atoms with Gasteiger partial charge in [-0.15, -0.1) is 0 Å². The van der Waals surface area contributed by atoms with Crippen molar-refractivity contribution in [3.05, 3.63) is 24.3 Å². The van der Waals surface area contributed by atoms with Gasteiger partial charge in [-0.05, 0) is 24.3 Å². The summed E-state index contributed by atoms with van der Waals surface area (Å²) in [6.45, 7) is 0. The Balaban J connectivity index is 0.00000121. The molecule has 0 aromatic heterocycles. The van der Waals surface area contributed by atoms with Crippen LogP contribution in [-0.4, -0.2) is 13.0 Å². The van der Waals surface area contributed by atoms with Gasteiger partial charge in [0.15, 0.2) is 0 Å². The first-order valence-corrected chi connectivity index (χ1v) is 4.27. The van der Waals surface area contributed by atoms with Gasteiger partial charge in [0.25, 0.3) is 10.1 Å². The number of hydrogen-bond donors (Lipinski definition) is 2. The first-order chi connectivity index (χ1) is 5.00. The molecule has 0 saturated heterocycles. The van der Waals surface area contributed by atoms with Gasteiger partial charge in [0.1, 0.15) is 0 Å². The largest absolute Gasteiger partial charge is 1.00 e. The fourth-order valence-corrected chi connectivity index (χ4v) is 1.12. The van der Waals surface area contributed by atoms with Crippen molar-refractivity contribution in [2.45, 2.75) is 4.90 Å². The molecule has 0 fully saturated rings. The minimum atomic E-state index is -4.08. The van der Waals surface area contributed by atoms with Crippen molar-refractivity contribution in [2.75, 3.05) is 5.73 Å². The average Bonchev–Trinajstić information content (AvgIpc) is 1.86. The normalized spacial score (nSPS) is 10.4. The molecule has 0 unspecified atom stereocenters. The zero-order valence-electron chi connectivity index (χ0n) is 6.56. The number of anilines is 1. The van der Waals surface area contributed by atoms with E-state index in [4.69, 9.17) is 10.3 Å². The van der Waals surface area contributed by atoms with Crippen LogP contribution < -0.4 is 35.3 Å². The summed E-state index contributed by atoms with van der Waals surface area (Å²) in [7, 11) is -4.08. The summed E-state index contributed by atoms with van der Waals surface area (Å²) in [6, 6.07) is 5.29. The predicted octanol–water partition coefficient (Wildman–Crippen LogP) is -2.48. The summed E-state index contributed by atoms with van der Waals surface area (Å²) in [6.07, 6.45) is 0. The van der Waals surface area contributed by atoms with E-state index in [0.717, 1.165) is 0 Å². The van der Waals surface area contributed by atoms with Crippen molar-refractivity contribution in [2.24, 2.45) is 0 Å². The van der Waals surface area contributed by atoms with Gasteiger partial charge in [0.2, 0.25) is 0 Å². The third kappa shape index (κ3) is 3.12. The van der Waals surface area contributed by atoms with Crippen LogP contribution in [0.3, 0.4) is 0 Å². The molecule has 60 valence electrons. The van der Waals surface area contributed by atoms with Crippen molar-refractivity contribution in [3.8, 4) is 0 Å². The van der Waals surface area contributed by atoms with Gasteiger partial charge in [-0.2, -0.15) is 8.42 Å². The quantitative estimate of drug-likeness (QED) is 0.296. The zero-order chi connectivity index (χ0) is 8.48. The van der Waals surface area contributed by atoms with Gasteiger partial charge >= 0.3 is 29.6 Å². The van der Waals surface area contributed by atoms with E-state index >= 15 is 0 Å². The molecular formula is C6H7NNaO3S+. The number of rotatable bonds is 1. The molecule has 3 N–H and O–H groups in total. The molecular weight excluding hydrogens is 189 g/mol. The van der Waals surface area contributed by atoms with E-state index in [1.807, 2.05) is 0 Å². The molecule has 0 radical (unpaired) electrons. The zero-order valence-corrected chi connectivity index (χ0v) is 9.38. The number of nitrogen functional groups attached to an aromatic ring is 1. The second kappa shape index (κ2) is 4.25. The number of hydrogen-bond acceptors (Lipinski definition) is 3. The van der Waals surface area contributed by atoms with Gasteiger partial charge < -0.3 is 5.73 Å². The Kier molecular flexibility index (Phi) is 4.22. The van der Waals surface area contributed by atoms with Crippen LogP contribution in [0.25, 0.3) is 0 Å². The van der Waals surface area contributed by atoms with Crippen molar-refractivity contribution in [3.63, 3.8) is 0 Å². The van der Waals surface area contributed by atoms with Gasteiger partial charge in [0, 0.05) is 5.69 Å². The van der Waals surface area contributed by atoms with Gasteiger partial charge in [-0.25, -0.2) is 0 Å². The van der Waals surface area contributed by atoms with E-state index in [1.54, 1.807) is 0 Å². The van der Waals surface area contributed by atoms with Crippen LogP contribution in [0.5, 0.6) is 0 Å². The maximum Gasteiger partial charge on any atom is 1.00 e. The molecule has 0 aliphatic carbocycles. The first-order valence-electron chi connectivity index (χ1n) is 2.83. The molecule has 0 aliphatic heterocycles.